The van der Waals surface area contributed by atoms with E-state index in [1.54, 1.807) is 12.1 Å². The molecule has 6 heteroatoms. The van der Waals surface area contributed by atoms with E-state index in [1.807, 2.05) is 50.2 Å². The van der Waals surface area contributed by atoms with Crippen LogP contribution in [0, 0.1) is 13.8 Å². The Morgan fingerprint density at radius 3 is 2.23 bits per heavy atom. The molecule has 3 aromatic carbocycles. The van der Waals surface area contributed by atoms with Gasteiger partial charge >= 0.3 is 5.97 Å². The smallest absolute Gasteiger partial charge is 0.349 e. The van der Waals surface area contributed by atoms with Gasteiger partial charge in [0.15, 0.2) is 6.61 Å². The average molecular weight is 473 g/mol. The first-order valence-electron chi connectivity index (χ1n) is 11.3. The van der Waals surface area contributed by atoms with E-state index in [9.17, 15) is 9.59 Å². The largest absolute Gasteiger partial charge is 0.482 e. The molecule has 0 N–H and O–H groups in total. The molecule has 0 aliphatic heterocycles. The Bertz CT molecular complexity index is 1420. The number of carbonyl (C=O) groups is 1. The van der Waals surface area contributed by atoms with Crippen LogP contribution in [0.2, 0.25) is 0 Å². The van der Waals surface area contributed by atoms with Gasteiger partial charge in [-0.3, -0.25) is 4.79 Å². The lowest BCUT2D eigenvalue weighted by Gasteiger charge is -2.19. The van der Waals surface area contributed by atoms with Crippen molar-refractivity contribution in [1.29, 1.82) is 0 Å². The number of ether oxygens (including phenoxy) is 3. The van der Waals surface area contributed by atoms with Crippen LogP contribution in [-0.2, 0) is 10.2 Å². The lowest BCUT2D eigenvalue weighted by Crippen LogP contribution is -2.17. The number of benzene rings is 3. The second kappa shape index (κ2) is 9.66. The highest BCUT2D eigenvalue weighted by molar-refractivity contribution is 5.81. The van der Waals surface area contributed by atoms with E-state index in [4.69, 9.17) is 18.6 Å². The predicted molar refractivity (Wildman–Crippen MR) is 135 cm³/mol. The third-order valence-corrected chi connectivity index (χ3v) is 5.73. The number of hydrogen-bond acceptors (Lipinski definition) is 6. The predicted octanol–water partition coefficient (Wildman–Crippen LogP) is 6.48. The first-order valence-corrected chi connectivity index (χ1v) is 11.3. The van der Waals surface area contributed by atoms with Crippen molar-refractivity contribution >= 4 is 16.9 Å². The van der Waals surface area contributed by atoms with E-state index in [0.717, 1.165) is 16.7 Å². The number of hydrogen-bond donors (Lipinski definition) is 0. The lowest BCUT2D eigenvalue weighted by atomic mass is 9.87. The highest BCUT2D eigenvalue weighted by Crippen LogP contribution is 2.27. The van der Waals surface area contributed by atoms with Crippen molar-refractivity contribution in [3.8, 4) is 23.0 Å². The van der Waals surface area contributed by atoms with Crippen molar-refractivity contribution in [1.82, 2.24) is 0 Å². The van der Waals surface area contributed by atoms with Gasteiger partial charge in [0.25, 0.3) is 0 Å². The molecular formula is C29H28O6. The molecule has 4 aromatic rings. The SMILES string of the molecule is Cc1ccc(OCC(=O)Oc2ccc3c(=O)c(Oc4ccc(C(C)(C)C)cc4)coc3c2)cc1C. The summed E-state index contributed by atoms with van der Waals surface area (Å²) >= 11 is 0. The summed E-state index contributed by atoms with van der Waals surface area (Å²) in [5.74, 6) is 0.894. The van der Waals surface area contributed by atoms with Crippen LogP contribution in [-0.4, -0.2) is 12.6 Å². The molecule has 0 aliphatic rings. The standard InChI is InChI=1S/C29H28O6/c1-18-6-9-22(14-19(18)2)32-17-27(30)35-23-12-13-24-25(15-23)33-16-26(28(24)31)34-21-10-7-20(8-11-21)29(3,4)5/h6-16H,17H2,1-5H3. The minimum atomic E-state index is -0.566. The Hall–Kier alpha value is -4.06. The Kier molecular flexibility index (Phi) is 6.65. The molecule has 180 valence electrons. The fourth-order valence-electron chi connectivity index (χ4n) is 3.48. The van der Waals surface area contributed by atoms with E-state index in [-0.39, 0.29) is 34.5 Å². The lowest BCUT2D eigenvalue weighted by molar-refractivity contribution is -0.136. The van der Waals surface area contributed by atoms with Crippen molar-refractivity contribution in [2.24, 2.45) is 0 Å². The van der Waals surface area contributed by atoms with Gasteiger partial charge in [-0.15, -0.1) is 0 Å². The van der Waals surface area contributed by atoms with Gasteiger partial charge in [-0.05, 0) is 72.4 Å². The van der Waals surface area contributed by atoms with Crippen LogP contribution in [0.5, 0.6) is 23.0 Å². The van der Waals surface area contributed by atoms with E-state index < -0.39 is 5.97 Å². The van der Waals surface area contributed by atoms with Crippen molar-refractivity contribution < 1.29 is 23.4 Å². The van der Waals surface area contributed by atoms with E-state index in [0.29, 0.717) is 16.9 Å². The van der Waals surface area contributed by atoms with Crippen LogP contribution in [0.4, 0.5) is 0 Å². The van der Waals surface area contributed by atoms with Crippen molar-refractivity contribution in [3.05, 3.63) is 93.8 Å². The summed E-state index contributed by atoms with van der Waals surface area (Å²) in [5.41, 5.74) is 3.37. The van der Waals surface area contributed by atoms with Crippen LogP contribution in [0.3, 0.4) is 0 Å². The monoisotopic (exact) mass is 472 g/mol. The maximum absolute atomic E-state index is 12.9. The molecular weight excluding hydrogens is 444 g/mol. The molecule has 0 radical (unpaired) electrons. The molecule has 6 nitrogen and oxygen atoms in total. The molecule has 0 fully saturated rings. The summed E-state index contributed by atoms with van der Waals surface area (Å²) in [7, 11) is 0. The summed E-state index contributed by atoms with van der Waals surface area (Å²) < 4.78 is 22.2. The molecule has 0 bridgehead atoms. The summed E-state index contributed by atoms with van der Waals surface area (Å²) in [6, 6.07) is 17.8. The van der Waals surface area contributed by atoms with E-state index >= 15 is 0 Å². The van der Waals surface area contributed by atoms with Crippen LogP contribution < -0.4 is 19.6 Å². The van der Waals surface area contributed by atoms with Crippen LogP contribution in [0.15, 0.2) is 76.1 Å². The Labute approximate surface area is 204 Å². The Balaban J connectivity index is 1.44. The number of carbonyl (C=O) groups excluding carboxylic acids is 1. The van der Waals surface area contributed by atoms with Crippen LogP contribution in [0.25, 0.3) is 11.0 Å². The Morgan fingerprint density at radius 2 is 1.54 bits per heavy atom. The zero-order valence-electron chi connectivity index (χ0n) is 20.5. The third-order valence-electron chi connectivity index (χ3n) is 5.73. The topological polar surface area (TPSA) is 75.0 Å². The molecule has 4 rings (SSSR count). The van der Waals surface area contributed by atoms with Crippen LogP contribution >= 0.6 is 0 Å². The third kappa shape index (κ3) is 5.72. The van der Waals surface area contributed by atoms with E-state index in [2.05, 4.69) is 20.8 Å². The summed E-state index contributed by atoms with van der Waals surface area (Å²) in [6.45, 7) is 10.1. The fourth-order valence-corrected chi connectivity index (χ4v) is 3.48. The quantitative estimate of drug-likeness (QED) is 0.236. The fraction of sp³-hybridized carbons (Fsp3) is 0.241. The number of esters is 1. The molecule has 0 spiro atoms. The zero-order chi connectivity index (χ0) is 25.2. The Morgan fingerprint density at radius 1 is 0.857 bits per heavy atom. The summed E-state index contributed by atoms with van der Waals surface area (Å²) in [6.07, 6.45) is 1.26. The minimum absolute atomic E-state index is 0.0213. The zero-order valence-corrected chi connectivity index (χ0v) is 20.5. The van der Waals surface area contributed by atoms with E-state index in [1.165, 1.54) is 18.4 Å². The normalized spacial score (nSPS) is 11.3. The highest BCUT2D eigenvalue weighted by atomic mass is 16.6. The molecule has 35 heavy (non-hydrogen) atoms. The second-order valence-corrected chi connectivity index (χ2v) is 9.47. The van der Waals surface area contributed by atoms with Gasteiger partial charge < -0.3 is 18.6 Å². The number of aryl methyl sites for hydroxylation is 2. The van der Waals surface area contributed by atoms with Gasteiger partial charge in [0, 0.05) is 6.07 Å². The van der Waals surface area contributed by atoms with Gasteiger partial charge in [0.1, 0.15) is 29.1 Å². The first kappa shape index (κ1) is 24.1. The molecule has 1 aromatic heterocycles. The van der Waals surface area contributed by atoms with Gasteiger partial charge in [0.2, 0.25) is 11.2 Å². The molecule has 0 saturated heterocycles. The molecule has 0 saturated carbocycles. The molecule has 1 heterocycles. The molecule has 0 atom stereocenters. The van der Waals surface area contributed by atoms with Gasteiger partial charge in [0.05, 0.1) is 5.39 Å². The number of fused-ring (bicyclic) bond motifs is 1. The van der Waals surface area contributed by atoms with Gasteiger partial charge in [-0.2, -0.15) is 0 Å². The van der Waals surface area contributed by atoms with Gasteiger partial charge in [-0.25, -0.2) is 4.79 Å². The minimum Gasteiger partial charge on any atom is -0.482 e. The highest BCUT2D eigenvalue weighted by Gasteiger charge is 2.15. The van der Waals surface area contributed by atoms with Crippen molar-refractivity contribution in [2.75, 3.05) is 6.61 Å². The molecule has 0 amide bonds. The molecule has 0 unspecified atom stereocenters. The summed E-state index contributed by atoms with van der Waals surface area (Å²) in [5, 5.41) is 0.319. The average Bonchev–Trinajstić information content (AvgIpc) is 2.81. The van der Waals surface area contributed by atoms with Crippen LogP contribution in [0.1, 0.15) is 37.5 Å². The maximum atomic E-state index is 12.9. The molecule has 0 aliphatic carbocycles. The van der Waals surface area contributed by atoms with Crippen molar-refractivity contribution in [3.63, 3.8) is 0 Å². The number of rotatable bonds is 6. The maximum Gasteiger partial charge on any atom is 0.349 e. The summed E-state index contributed by atoms with van der Waals surface area (Å²) in [4.78, 5) is 25.1. The van der Waals surface area contributed by atoms with Gasteiger partial charge in [-0.1, -0.05) is 39.0 Å². The first-order chi connectivity index (χ1) is 16.6. The van der Waals surface area contributed by atoms with Crippen molar-refractivity contribution in [2.45, 2.75) is 40.0 Å². The second-order valence-electron chi connectivity index (χ2n) is 9.47.